The molecule has 9 heavy (non-hydrogen) atoms. The summed E-state index contributed by atoms with van der Waals surface area (Å²) in [6.07, 6.45) is 1.57. The van der Waals surface area contributed by atoms with Crippen molar-refractivity contribution in [2.45, 2.75) is 19.8 Å². The van der Waals surface area contributed by atoms with Gasteiger partial charge in [-0.2, -0.15) is 0 Å². The molecule has 0 aliphatic heterocycles. The number of aliphatic hydroxyl groups is 1. The molecule has 3 heteroatoms. The summed E-state index contributed by atoms with van der Waals surface area (Å²) in [5.41, 5.74) is 4.93. The number of primary amides is 1. The average Bonchev–Trinajstić information content (AvgIpc) is 1.82. The van der Waals surface area contributed by atoms with Crippen molar-refractivity contribution in [2.24, 2.45) is 11.7 Å². The molecule has 3 nitrogen and oxygen atoms in total. The number of rotatable bonds is 4. The molecule has 0 bridgehead atoms. The second-order valence-electron chi connectivity index (χ2n) is 2.07. The normalized spacial score (nSPS) is 13.1. The van der Waals surface area contributed by atoms with Crippen LogP contribution in [0.5, 0.6) is 0 Å². The highest BCUT2D eigenvalue weighted by Gasteiger charge is 2.11. The van der Waals surface area contributed by atoms with Gasteiger partial charge in [0.05, 0.1) is 12.5 Å². The van der Waals surface area contributed by atoms with Crippen LogP contribution in [0.4, 0.5) is 0 Å². The third-order valence-electron chi connectivity index (χ3n) is 1.26. The fraction of sp³-hybridized carbons (Fsp3) is 0.833. The fourth-order valence-corrected chi connectivity index (χ4v) is 0.672. The number of aliphatic hydroxyl groups excluding tert-OH is 1. The largest absolute Gasteiger partial charge is 0.396 e. The molecule has 0 saturated carbocycles. The second kappa shape index (κ2) is 4.32. The van der Waals surface area contributed by atoms with E-state index in [2.05, 4.69) is 0 Å². The SMILES string of the molecule is CCC[C@@H](CO)C(N)=O. The first-order chi connectivity index (χ1) is 4.22. The summed E-state index contributed by atoms with van der Waals surface area (Å²) in [6, 6.07) is 0. The smallest absolute Gasteiger partial charge is 0.222 e. The Labute approximate surface area is 54.9 Å². The van der Waals surface area contributed by atoms with Gasteiger partial charge in [0.15, 0.2) is 0 Å². The van der Waals surface area contributed by atoms with E-state index in [1.807, 2.05) is 6.92 Å². The van der Waals surface area contributed by atoms with Crippen LogP contribution in [0.25, 0.3) is 0 Å². The highest BCUT2D eigenvalue weighted by atomic mass is 16.3. The summed E-state index contributed by atoms with van der Waals surface area (Å²) in [6.45, 7) is 1.83. The molecular formula is C6H13NO2. The van der Waals surface area contributed by atoms with Crippen molar-refractivity contribution < 1.29 is 9.90 Å². The lowest BCUT2D eigenvalue weighted by atomic mass is 10.1. The summed E-state index contributed by atoms with van der Waals surface area (Å²) in [4.78, 5) is 10.4. The maximum absolute atomic E-state index is 10.4. The van der Waals surface area contributed by atoms with E-state index < -0.39 is 5.91 Å². The Balaban J connectivity index is 3.54. The fourth-order valence-electron chi connectivity index (χ4n) is 0.672. The molecule has 0 aromatic heterocycles. The van der Waals surface area contributed by atoms with Crippen molar-refractivity contribution in [3.8, 4) is 0 Å². The molecule has 0 aliphatic rings. The predicted molar refractivity (Wildman–Crippen MR) is 34.7 cm³/mol. The monoisotopic (exact) mass is 131 g/mol. The number of hydrogen-bond acceptors (Lipinski definition) is 2. The average molecular weight is 131 g/mol. The summed E-state index contributed by atoms with van der Waals surface area (Å²) in [5, 5.41) is 8.53. The molecule has 1 atom stereocenters. The molecule has 0 spiro atoms. The molecule has 0 unspecified atom stereocenters. The highest BCUT2D eigenvalue weighted by molar-refractivity contribution is 5.76. The lowest BCUT2D eigenvalue weighted by molar-refractivity contribution is -0.123. The minimum absolute atomic E-state index is 0.122. The number of hydrogen-bond donors (Lipinski definition) is 2. The first-order valence-electron chi connectivity index (χ1n) is 3.12. The third kappa shape index (κ3) is 3.08. The predicted octanol–water partition coefficient (Wildman–Crippen LogP) is -0.120. The maximum atomic E-state index is 10.4. The zero-order valence-corrected chi connectivity index (χ0v) is 5.63. The zero-order valence-electron chi connectivity index (χ0n) is 5.63. The first kappa shape index (κ1) is 8.43. The van der Waals surface area contributed by atoms with E-state index in [0.717, 1.165) is 6.42 Å². The minimum atomic E-state index is -0.403. The van der Waals surface area contributed by atoms with Gasteiger partial charge in [-0.3, -0.25) is 4.79 Å². The molecule has 0 radical (unpaired) electrons. The van der Waals surface area contributed by atoms with Gasteiger partial charge in [-0.1, -0.05) is 13.3 Å². The Hall–Kier alpha value is -0.570. The molecule has 3 N–H and O–H groups in total. The van der Waals surface area contributed by atoms with Crippen LogP contribution in [0.2, 0.25) is 0 Å². The standard InChI is InChI=1S/C6H13NO2/c1-2-3-5(4-8)6(7)9/h5,8H,2-4H2,1H3,(H2,7,9)/t5-/m0/s1. The molecule has 0 saturated heterocycles. The maximum Gasteiger partial charge on any atom is 0.222 e. The quantitative estimate of drug-likeness (QED) is 0.558. The molecule has 0 aromatic carbocycles. The van der Waals surface area contributed by atoms with Crippen molar-refractivity contribution in [1.82, 2.24) is 0 Å². The third-order valence-corrected chi connectivity index (χ3v) is 1.26. The Bertz CT molecular complexity index is 93.1. The summed E-state index contributed by atoms with van der Waals surface area (Å²) in [5.74, 6) is -0.741. The van der Waals surface area contributed by atoms with Gasteiger partial charge < -0.3 is 10.8 Å². The van der Waals surface area contributed by atoms with Crippen LogP contribution >= 0.6 is 0 Å². The van der Waals surface area contributed by atoms with Crippen LogP contribution in [0, 0.1) is 5.92 Å². The molecule has 0 fully saturated rings. The van der Waals surface area contributed by atoms with Crippen LogP contribution < -0.4 is 5.73 Å². The van der Waals surface area contributed by atoms with E-state index >= 15 is 0 Å². The molecule has 0 aromatic rings. The number of nitrogens with two attached hydrogens (primary N) is 1. The summed E-state index contributed by atoms with van der Waals surface area (Å²) in [7, 11) is 0. The number of carbonyl (C=O) groups excluding carboxylic acids is 1. The van der Waals surface area contributed by atoms with E-state index in [1.54, 1.807) is 0 Å². The van der Waals surface area contributed by atoms with Crippen molar-refractivity contribution in [2.75, 3.05) is 6.61 Å². The molecule has 0 rings (SSSR count). The van der Waals surface area contributed by atoms with Gasteiger partial charge in [-0.05, 0) is 6.42 Å². The molecule has 0 heterocycles. The number of amides is 1. The van der Waals surface area contributed by atoms with Crippen molar-refractivity contribution >= 4 is 5.91 Å². The van der Waals surface area contributed by atoms with Crippen molar-refractivity contribution in [3.05, 3.63) is 0 Å². The van der Waals surface area contributed by atoms with Gasteiger partial charge in [0, 0.05) is 0 Å². The molecule has 54 valence electrons. The number of carbonyl (C=O) groups is 1. The topological polar surface area (TPSA) is 63.3 Å². The zero-order chi connectivity index (χ0) is 7.28. The van der Waals surface area contributed by atoms with E-state index in [0.29, 0.717) is 6.42 Å². The van der Waals surface area contributed by atoms with Gasteiger partial charge in [0.25, 0.3) is 0 Å². The Morgan fingerprint density at radius 2 is 2.33 bits per heavy atom. The lowest BCUT2D eigenvalue weighted by Gasteiger charge is -2.05. The van der Waals surface area contributed by atoms with Crippen LogP contribution in [0.15, 0.2) is 0 Å². The van der Waals surface area contributed by atoms with Gasteiger partial charge in [-0.25, -0.2) is 0 Å². The van der Waals surface area contributed by atoms with Gasteiger partial charge in [0.1, 0.15) is 0 Å². The van der Waals surface area contributed by atoms with E-state index in [4.69, 9.17) is 10.8 Å². The lowest BCUT2D eigenvalue weighted by Crippen LogP contribution is -2.25. The first-order valence-corrected chi connectivity index (χ1v) is 3.12. The minimum Gasteiger partial charge on any atom is -0.396 e. The van der Waals surface area contributed by atoms with E-state index in [9.17, 15) is 4.79 Å². The Morgan fingerprint density at radius 1 is 1.78 bits per heavy atom. The molecule has 0 aliphatic carbocycles. The molecular weight excluding hydrogens is 118 g/mol. The van der Waals surface area contributed by atoms with Crippen molar-refractivity contribution in [3.63, 3.8) is 0 Å². The van der Waals surface area contributed by atoms with Crippen LogP contribution in [-0.2, 0) is 4.79 Å². The molecule has 1 amide bonds. The second-order valence-corrected chi connectivity index (χ2v) is 2.07. The van der Waals surface area contributed by atoms with Gasteiger partial charge >= 0.3 is 0 Å². The Morgan fingerprint density at radius 3 is 2.44 bits per heavy atom. The van der Waals surface area contributed by atoms with Crippen LogP contribution in [0.1, 0.15) is 19.8 Å². The Kier molecular flexibility index (Phi) is 4.05. The van der Waals surface area contributed by atoms with E-state index in [-0.39, 0.29) is 12.5 Å². The highest BCUT2D eigenvalue weighted by Crippen LogP contribution is 2.02. The van der Waals surface area contributed by atoms with Gasteiger partial charge in [-0.15, -0.1) is 0 Å². The van der Waals surface area contributed by atoms with Crippen LogP contribution in [0.3, 0.4) is 0 Å². The van der Waals surface area contributed by atoms with Crippen LogP contribution in [-0.4, -0.2) is 17.6 Å². The van der Waals surface area contributed by atoms with Crippen molar-refractivity contribution in [1.29, 1.82) is 0 Å². The van der Waals surface area contributed by atoms with E-state index in [1.165, 1.54) is 0 Å². The summed E-state index contributed by atoms with van der Waals surface area (Å²) >= 11 is 0. The summed E-state index contributed by atoms with van der Waals surface area (Å²) < 4.78 is 0. The van der Waals surface area contributed by atoms with Gasteiger partial charge in [0.2, 0.25) is 5.91 Å².